The fourth-order valence-corrected chi connectivity index (χ4v) is 2.46. The van der Waals surface area contributed by atoms with Crippen LogP contribution in [-0.2, 0) is 16.1 Å². The third kappa shape index (κ3) is 2.96. The Morgan fingerprint density at radius 3 is 3.10 bits per heavy atom. The molecule has 0 aliphatic carbocycles. The van der Waals surface area contributed by atoms with Crippen LogP contribution in [-0.4, -0.2) is 39.6 Å². The van der Waals surface area contributed by atoms with Crippen molar-refractivity contribution in [2.75, 3.05) is 19.8 Å². The first-order valence-electron chi connectivity index (χ1n) is 7.32. The van der Waals surface area contributed by atoms with Crippen molar-refractivity contribution in [2.24, 2.45) is 0 Å². The zero-order chi connectivity index (χ0) is 14.7. The topological polar surface area (TPSA) is 62.1 Å². The monoisotopic (exact) mass is 288 g/mol. The van der Waals surface area contributed by atoms with E-state index in [0.717, 1.165) is 35.9 Å². The van der Waals surface area contributed by atoms with E-state index in [1.807, 2.05) is 30.8 Å². The normalized spacial score (nSPS) is 18.3. The molecule has 0 bridgehead atoms. The van der Waals surface area contributed by atoms with Crippen molar-refractivity contribution < 1.29 is 9.47 Å². The van der Waals surface area contributed by atoms with Crippen LogP contribution in [0.2, 0.25) is 0 Å². The first-order valence-corrected chi connectivity index (χ1v) is 7.32. The summed E-state index contributed by atoms with van der Waals surface area (Å²) in [5.41, 5.74) is 2.06. The summed E-state index contributed by atoms with van der Waals surface area (Å²) >= 11 is 0. The summed E-state index contributed by atoms with van der Waals surface area (Å²) in [5.74, 6) is 1.96. The molecule has 0 saturated carbocycles. The molecule has 6 nitrogen and oxygen atoms in total. The van der Waals surface area contributed by atoms with Crippen LogP contribution in [0.4, 0.5) is 0 Å². The van der Waals surface area contributed by atoms with E-state index in [4.69, 9.17) is 14.6 Å². The molecule has 6 heteroatoms. The summed E-state index contributed by atoms with van der Waals surface area (Å²) in [6.45, 7) is 6.60. The average Bonchev–Trinajstić information content (AvgIpc) is 3.15. The Bertz CT molecular complexity index is 605. The first kappa shape index (κ1) is 14.2. The Kier molecular flexibility index (Phi) is 4.26. The van der Waals surface area contributed by atoms with Gasteiger partial charge in [0.15, 0.2) is 11.6 Å². The Morgan fingerprint density at radius 2 is 2.38 bits per heavy atom. The Balaban J connectivity index is 1.98. The Hall–Kier alpha value is -1.79. The van der Waals surface area contributed by atoms with Gasteiger partial charge in [-0.3, -0.25) is 4.98 Å². The number of nitrogens with zero attached hydrogens (tertiary/aromatic N) is 4. The fraction of sp³-hybridized carbons (Fsp3) is 0.533. The molecule has 3 rings (SSSR count). The molecule has 0 radical (unpaired) electrons. The van der Waals surface area contributed by atoms with Gasteiger partial charge in [-0.15, -0.1) is 0 Å². The molecule has 0 amide bonds. The second kappa shape index (κ2) is 6.32. The fourth-order valence-electron chi connectivity index (χ4n) is 2.46. The minimum atomic E-state index is 0.286. The number of hydrogen-bond donors (Lipinski definition) is 0. The Morgan fingerprint density at radius 1 is 1.48 bits per heavy atom. The molecule has 1 atom stereocenters. The van der Waals surface area contributed by atoms with Crippen molar-refractivity contribution in [2.45, 2.75) is 32.8 Å². The van der Waals surface area contributed by atoms with E-state index in [9.17, 15) is 0 Å². The highest BCUT2D eigenvalue weighted by molar-refractivity contribution is 5.37. The molecule has 1 saturated heterocycles. The van der Waals surface area contributed by atoms with Gasteiger partial charge in [0.25, 0.3) is 0 Å². The van der Waals surface area contributed by atoms with Crippen molar-refractivity contribution >= 4 is 0 Å². The van der Waals surface area contributed by atoms with E-state index in [2.05, 4.69) is 9.97 Å². The van der Waals surface area contributed by atoms with Crippen LogP contribution < -0.4 is 0 Å². The minimum Gasteiger partial charge on any atom is -0.381 e. The number of rotatable bonds is 5. The summed E-state index contributed by atoms with van der Waals surface area (Å²) in [7, 11) is 0. The molecular formula is C15H20N4O2. The average molecular weight is 288 g/mol. The second-order valence-corrected chi connectivity index (χ2v) is 5.16. The van der Waals surface area contributed by atoms with Crippen LogP contribution >= 0.6 is 0 Å². The number of hydrogen-bond acceptors (Lipinski definition) is 5. The standard InChI is InChI=1S/C15H20N4O2/c1-3-20-10-14-17-15(12-5-7-21-9-12)18-19(14)13-4-6-16-8-11(13)2/h4,6,8,12H,3,5,7,9-10H2,1-2H3/t12-/m1/s1. The quantitative estimate of drug-likeness (QED) is 0.842. The Labute approximate surface area is 124 Å². The van der Waals surface area contributed by atoms with Gasteiger partial charge in [0, 0.05) is 31.5 Å². The van der Waals surface area contributed by atoms with Crippen LogP contribution in [0.15, 0.2) is 18.5 Å². The lowest BCUT2D eigenvalue weighted by Crippen LogP contribution is -2.07. The van der Waals surface area contributed by atoms with Gasteiger partial charge in [-0.1, -0.05) is 0 Å². The minimum absolute atomic E-state index is 0.286. The summed E-state index contributed by atoms with van der Waals surface area (Å²) in [5, 5.41) is 4.69. The highest BCUT2D eigenvalue weighted by atomic mass is 16.5. The molecule has 112 valence electrons. The van der Waals surface area contributed by atoms with Gasteiger partial charge in [0.05, 0.1) is 12.3 Å². The van der Waals surface area contributed by atoms with Gasteiger partial charge >= 0.3 is 0 Å². The third-order valence-electron chi connectivity index (χ3n) is 3.64. The van der Waals surface area contributed by atoms with Gasteiger partial charge in [0.2, 0.25) is 0 Å². The molecular weight excluding hydrogens is 268 g/mol. The van der Waals surface area contributed by atoms with E-state index in [-0.39, 0.29) is 5.92 Å². The molecule has 0 N–H and O–H groups in total. The van der Waals surface area contributed by atoms with E-state index < -0.39 is 0 Å². The molecule has 1 fully saturated rings. The molecule has 21 heavy (non-hydrogen) atoms. The SMILES string of the molecule is CCOCc1nc([C@@H]2CCOC2)nn1-c1ccncc1C. The first-order chi connectivity index (χ1) is 10.3. The lowest BCUT2D eigenvalue weighted by Gasteiger charge is -2.08. The maximum atomic E-state index is 5.53. The summed E-state index contributed by atoms with van der Waals surface area (Å²) < 4.78 is 12.8. The van der Waals surface area contributed by atoms with Crippen molar-refractivity contribution in [3.8, 4) is 5.69 Å². The van der Waals surface area contributed by atoms with Gasteiger partial charge in [-0.05, 0) is 31.9 Å². The van der Waals surface area contributed by atoms with E-state index >= 15 is 0 Å². The molecule has 1 aliphatic rings. The lowest BCUT2D eigenvalue weighted by atomic mass is 10.1. The largest absolute Gasteiger partial charge is 0.381 e. The molecule has 0 unspecified atom stereocenters. The van der Waals surface area contributed by atoms with Gasteiger partial charge in [0.1, 0.15) is 6.61 Å². The molecule has 0 aromatic carbocycles. The summed E-state index contributed by atoms with van der Waals surface area (Å²) in [6.07, 6.45) is 4.58. The maximum Gasteiger partial charge on any atom is 0.158 e. The van der Waals surface area contributed by atoms with Crippen molar-refractivity contribution in [1.29, 1.82) is 0 Å². The molecule has 1 aliphatic heterocycles. The number of pyridine rings is 1. The molecule has 2 aromatic heterocycles. The number of aryl methyl sites for hydroxylation is 1. The van der Waals surface area contributed by atoms with Crippen molar-refractivity contribution in [1.82, 2.24) is 19.7 Å². The molecule has 2 aromatic rings. The highest BCUT2D eigenvalue weighted by Gasteiger charge is 2.24. The molecule has 0 spiro atoms. The zero-order valence-corrected chi connectivity index (χ0v) is 12.5. The summed E-state index contributed by atoms with van der Waals surface area (Å²) in [6, 6.07) is 1.95. The van der Waals surface area contributed by atoms with Crippen LogP contribution in [0.1, 0.15) is 36.5 Å². The predicted molar refractivity (Wildman–Crippen MR) is 77.4 cm³/mol. The predicted octanol–water partition coefficient (Wildman–Crippen LogP) is 2.01. The zero-order valence-electron chi connectivity index (χ0n) is 12.5. The highest BCUT2D eigenvalue weighted by Crippen LogP contribution is 2.24. The van der Waals surface area contributed by atoms with E-state index in [0.29, 0.717) is 19.8 Å². The number of ether oxygens (including phenoxy) is 2. The van der Waals surface area contributed by atoms with Crippen LogP contribution in [0, 0.1) is 6.92 Å². The van der Waals surface area contributed by atoms with Crippen LogP contribution in [0.3, 0.4) is 0 Å². The van der Waals surface area contributed by atoms with E-state index in [1.54, 1.807) is 6.20 Å². The van der Waals surface area contributed by atoms with Crippen molar-refractivity contribution in [3.05, 3.63) is 35.7 Å². The van der Waals surface area contributed by atoms with E-state index in [1.165, 1.54) is 0 Å². The van der Waals surface area contributed by atoms with Crippen LogP contribution in [0.25, 0.3) is 5.69 Å². The lowest BCUT2D eigenvalue weighted by molar-refractivity contribution is 0.126. The maximum absolute atomic E-state index is 5.53. The van der Waals surface area contributed by atoms with Gasteiger partial charge in [-0.2, -0.15) is 5.10 Å². The molecule has 3 heterocycles. The van der Waals surface area contributed by atoms with Crippen molar-refractivity contribution in [3.63, 3.8) is 0 Å². The van der Waals surface area contributed by atoms with Gasteiger partial charge < -0.3 is 9.47 Å². The smallest absolute Gasteiger partial charge is 0.158 e. The van der Waals surface area contributed by atoms with Crippen LogP contribution in [0.5, 0.6) is 0 Å². The van der Waals surface area contributed by atoms with Gasteiger partial charge in [-0.25, -0.2) is 9.67 Å². The number of aromatic nitrogens is 4. The summed E-state index contributed by atoms with van der Waals surface area (Å²) in [4.78, 5) is 8.81. The second-order valence-electron chi connectivity index (χ2n) is 5.16. The third-order valence-corrected chi connectivity index (χ3v) is 3.64.